The van der Waals surface area contributed by atoms with Crippen LogP contribution in [-0.2, 0) is 9.53 Å². The van der Waals surface area contributed by atoms with E-state index in [2.05, 4.69) is 5.32 Å². The number of likely N-dealkylation sites (tertiary alicyclic amines) is 1. The van der Waals surface area contributed by atoms with Crippen LogP contribution in [0.15, 0.2) is 0 Å². The third-order valence-corrected chi connectivity index (χ3v) is 4.04. The number of nitrogens with zero attached hydrogens (tertiary/aromatic N) is 1. The molecule has 0 spiro atoms. The largest absolute Gasteiger partial charge is 0.481 e. The van der Waals surface area contributed by atoms with Crippen LogP contribution < -0.4 is 5.32 Å². The Balaban J connectivity index is 2.20. The van der Waals surface area contributed by atoms with E-state index in [9.17, 15) is 9.59 Å². The molecule has 1 aliphatic rings. The summed E-state index contributed by atoms with van der Waals surface area (Å²) in [5.74, 6) is -0.637. The number of carboxylic acids is 1. The topological polar surface area (TPSA) is 78.9 Å². The van der Waals surface area contributed by atoms with E-state index in [1.54, 1.807) is 14.0 Å². The Morgan fingerprint density at radius 2 is 2.10 bits per heavy atom. The quantitative estimate of drug-likeness (QED) is 0.718. The van der Waals surface area contributed by atoms with Gasteiger partial charge in [-0.25, -0.2) is 4.79 Å². The molecule has 122 valence electrons. The number of amides is 2. The summed E-state index contributed by atoms with van der Waals surface area (Å²) in [6.45, 7) is 5.91. The Labute approximate surface area is 126 Å². The molecule has 1 saturated heterocycles. The van der Waals surface area contributed by atoms with Crippen LogP contribution in [0.1, 0.15) is 39.5 Å². The maximum Gasteiger partial charge on any atom is 0.317 e. The Morgan fingerprint density at radius 3 is 2.71 bits per heavy atom. The summed E-state index contributed by atoms with van der Waals surface area (Å²) >= 11 is 0. The Bertz CT molecular complexity index is 349. The van der Waals surface area contributed by atoms with E-state index in [0.717, 1.165) is 32.4 Å². The van der Waals surface area contributed by atoms with Crippen LogP contribution in [-0.4, -0.2) is 54.9 Å². The predicted molar refractivity (Wildman–Crippen MR) is 80.2 cm³/mol. The fraction of sp³-hybridized carbons (Fsp3) is 0.867. The molecule has 0 aromatic heterocycles. The van der Waals surface area contributed by atoms with Crippen molar-refractivity contribution >= 4 is 12.0 Å². The number of carboxylic acid groups (broad SMARTS) is 1. The highest BCUT2D eigenvalue weighted by molar-refractivity contribution is 5.74. The van der Waals surface area contributed by atoms with Gasteiger partial charge < -0.3 is 20.1 Å². The summed E-state index contributed by atoms with van der Waals surface area (Å²) in [6, 6.07) is 0.0485. The highest BCUT2D eigenvalue weighted by Gasteiger charge is 2.26. The summed E-state index contributed by atoms with van der Waals surface area (Å²) < 4.78 is 5.12. The van der Waals surface area contributed by atoms with Crippen LogP contribution in [0.4, 0.5) is 4.79 Å². The van der Waals surface area contributed by atoms with E-state index < -0.39 is 5.97 Å². The van der Waals surface area contributed by atoms with Gasteiger partial charge in [0.15, 0.2) is 0 Å². The molecule has 0 radical (unpaired) electrons. The lowest BCUT2D eigenvalue weighted by molar-refractivity contribution is -0.141. The van der Waals surface area contributed by atoms with Crippen molar-refractivity contribution < 1.29 is 19.4 Å². The molecule has 1 fully saturated rings. The minimum atomic E-state index is -0.757. The van der Waals surface area contributed by atoms with E-state index in [0.29, 0.717) is 18.9 Å². The number of ether oxygens (including phenoxy) is 1. The molecule has 6 heteroatoms. The SMILES string of the molecule is COCC1CCN(C(=O)NC(C)CCCC(C)C(=O)O)C1. The van der Waals surface area contributed by atoms with Crippen molar-refractivity contribution in [3.63, 3.8) is 0 Å². The van der Waals surface area contributed by atoms with Crippen molar-refractivity contribution in [1.82, 2.24) is 10.2 Å². The van der Waals surface area contributed by atoms with Crippen LogP contribution in [0, 0.1) is 11.8 Å². The van der Waals surface area contributed by atoms with Gasteiger partial charge in [0, 0.05) is 32.2 Å². The van der Waals surface area contributed by atoms with Crippen molar-refractivity contribution in [3.8, 4) is 0 Å². The van der Waals surface area contributed by atoms with E-state index in [1.165, 1.54) is 0 Å². The summed E-state index contributed by atoms with van der Waals surface area (Å²) in [4.78, 5) is 24.6. The first-order valence-corrected chi connectivity index (χ1v) is 7.71. The van der Waals surface area contributed by atoms with Crippen molar-refractivity contribution in [2.45, 2.75) is 45.6 Å². The first-order valence-electron chi connectivity index (χ1n) is 7.71. The van der Waals surface area contributed by atoms with Crippen molar-refractivity contribution in [2.75, 3.05) is 26.8 Å². The fourth-order valence-electron chi connectivity index (χ4n) is 2.62. The Hall–Kier alpha value is -1.30. The molecule has 0 aromatic carbocycles. The van der Waals surface area contributed by atoms with E-state index in [4.69, 9.17) is 9.84 Å². The maximum absolute atomic E-state index is 12.1. The van der Waals surface area contributed by atoms with Gasteiger partial charge in [-0.1, -0.05) is 13.3 Å². The van der Waals surface area contributed by atoms with Gasteiger partial charge >= 0.3 is 12.0 Å². The number of aliphatic carboxylic acids is 1. The van der Waals surface area contributed by atoms with Gasteiger partial charge in [-0.05, 0) is 26.2 Å². The van der Waals surface area contributed by atoms with Gasteiger partial charge in [0.2, 0.25) is 0 Å². The molecule has 0 aliphatic carbocycles. The summed E-state index contributed by atoms with van der Waals surface area (Å²) in [6.07, 6.45) is 3.25. The second kappa shape index (κ2) is 8.87. The molecule has 0 bridgehead atoms. The zero-order valence-corrected chi connectivity index (χ0v) is 13.3. The number of rotatable bonds is 8. The van der Waals surface area contributed by atoms with Crippen LogP contribution >= 0.6 is 0 Å². The molecule has 3 unspecified atom stereocenters. The summed E-state index contributed by atoms with van der Waals surface area (Å²) in [7, 11) is 1.68. The zero-order chi connectivity index (χ0) is 15.8. The molecule has 1 rings (SSSR count). The molecular weight excluding hydrogens is 272 g/mol. The number of hydrogen-bond donors (Lipinski definition) is 2. The molecule has 3 atom stereocenters. The predicted octanol–water partition coefficient (Wildman–Crippen LogP) is 1.94. The molecule has 6 nitrogen and oxygen atoms in total. The highest BCUT2D eigenvalue weighted by atomic mass is 16.5. The van der Waals surface area contributed by atoms with Gasteiger partial charge in [0.1, 0.15) is 0 Å². The second-order valence-corrected chi connectivity index (χ2v) is 6.08. The van der Waals surface area contributed by atoms with Gasteiger partial charge in [0.25, 0.3) is 0 Å². The fourth-order valence-corrected chi connectivity index (χ4v) is 2.62. The zero-order valence-electron chi connectivity index (χ0n) is 13.3. The third kappa shape index (κ3) is 6.33. The van der Waals surface area contributed by atoms with Gasteiger partial charge in [-0.3, -0.25) is 4.79 Å². The average molecular weight is 300 g/mol. The number of urea groups is 1. The first kappa shape index (κ1) is 17.8. The number of nitrogens with one attached hydrogen (secondary N) is 1. The minimum Gasteiger partial charge on any atom is -0.481 e. The van der Waals surface area contributed by atoms with Crippen LogP contribution in [0.25, 0.3) is 0 Å². The number of methoxy groups -OCH3 is 1. The minimum absolute atomic E-state index is 0.0209. The molecule has 1 heterocycles. The number of carbonyl (C=O) groups excluding carboxylic acids is 1. The van der Waals surface area contributed by atoms with Crippen LogP contribution in [0.5, 0.6) is 0 Å². The first-order chi connectivity index (χ1) is 9.93. The smallest absolute Gasteiger partial charge is 0.317 e. The number of hydrogen-bond acceptors (Lipinski definition) is 3. The summed E-state index contributed by atoms with van der Waals surface area (Å²) in [5.41, 5.74) is 0. The lowest BCUT2D eigenvalue weighted by Gasteiger charge is -2.21. The second-order valence-electron chi connectivity index (χ2n) is 6.08. The molecule has 21 heavy (non-hydrogen) atoms. The Kier molecular flexibility index (Phi) is 7.50. The average Bonchev–Trinajstić information content (AvgIpc) is 2.87. The molecule has 2 amide bonds. The van der Waals surface area contributed by atoms with Crippen LogP contribution in [0.2, 0.25) is 0 Å². The number of carbonyl (C=O) groups is 2. The lowest BCUT2D eigenvalue weighted by atomic mass is 10.0. The van der Waals surface area contributed by atoms with E-state index >= 15 is 0 Å². The van der Waals surface area contributed by atoms with Gasteiger partial charge in [-0.15, -0.1) is 0 Å². The monoisotopic (exact) mass is 300 g/mol. The Morgan fingerprint density at radius 1 is 1.38 bits per heavy atom. The normalized spacial score (nSPS) is 21.1. The third-order valence-electron chi connectivity index (χ3n) is 4.04. The molecule has 2 N–H and O–H groups in total. The standard InChI is InChI=1S/C15H28N2O4/c1-11(14(18)19)5-4-6-12(2)16-15(20)17-8-7-13(9-17)10-21-3/h11-13H,4-10H2,1-3H3,(H,16,20)(H,18,19). The van der Waals surface area contributed by atoms with Crippen LogP contribution in [0.3, 0.4) is 0 Å². The lowest BCUT2D eigenvalue weighted by Crippen LogP contribution is -2.43. The maximum atomic E-state index is 12.1. The van der Waals surface area contributed by atoms with Crippen molar-refractivity contribution in [3.05, 3.63) is 0 Å². The highest BCUT2D eigenvalue weighted by Crippen LogP contribution is 2.16. The molecular formula is C15H28N2O4. The van der Waals surface area contributed by atoms with Crippen molar-refractivity contribution in [1.29, 1.82) is 0 Å². The van der Waals surface area contributed by atoms with E-state index in [1.807, 2.05) is 11.8 Å². The molecule has 1 aliphatic heterocycles. The molecule has 0 saturated carbocycles. The van der Waals surface area contributed by atoms with Gasteiger partial charge in [0.05, 0.1) is 12.5 Å². The van der Waals surface area contributed by atoms with Gasteiger partial charge in [-0.2, -0.15) is 0 Å². The van der Waals surface area contributed by atoms with E-state index in [-0.39, 0.29) is 18.0 Å². The molecule has 0 aromatic rings. The summed E-state index contributed by atoms with van der Waals surface area (Å²) in [5, 5.41) is 11.8. The van der Waals surface area contributed by atoms with Crippen molar-refractivity contribution in [2.24, 2.45) is 11.8 Å².